The van der Waals surface area contributed by atoms with E-state index < -0.39 is 0 Å². The average Bonchev–Trinajstić information content (AvgIpc) is 2.98. The number of imidazole rings is 1. The van der Waals surface area contributed by atoms with Crippen LogP contribution in [0.25, 0.3) is 5.52 Å². The summed E-state index contributed by atoms with van der Waals surface area (Å²) in [5.74, 6) is 0.454. The molecule has 0 radical (unpaired) electrons. The second-order valence-corrected chi connectivity index (χ2v) is 6.85. The number of rotatable bonds is 5. The fraction of sp³-hybridized carbons (Fsp3) is 0.176. The maximum absolute atomic E-state index is 12.4. The second kappa shape index (κ2) is 7.15. The molecule has 3 aromatic rings. The highest BCUT2D eigenvalue weighted by Crippen LogP contribution is 2.28. The number of nitrogens with one attached hydrogen (secondary N) is 1. The van der Waals surface area contributed by atoms with Crippen LogP contribution in [-0.2, 0) is 4.79 Å². The lowest BCUT2D eigenvalue weighted by molar-refractivity contribution is -0.115. The van der Waals surface area contributed by atoms with Crippen molar-refractivity contribution >= 4 is 40.5 Å². The van der Waals surface area contributed by atoms with Crippen LogP contribution in [-0.4, -0.2) is 27.7 Å². The summed E-state index contributed by atoms with van der Waals surface area (Å²) in [7, 11) is 1.55. The molecule has 0 aliphatic rings. The molecule has 0 saturated heterocycles. The van der Waals surface area contributed by atoms with Gasteiger partial charge in [-0.05, 0) is 37.3 Å². The topological polar surface area (TPSA) is 55.6 Å². The van der Waals surface area contributed by atoms with E-state index in [4.69, 9.17) is 16.3 Å². The van der Waals surface area contributed by atoms with Crippen molar-refractivity contribution in [2.75, 3.05) is 12.4 Å². The Kier molecular flexibility index (Phi) is 4.97. The van der Waals surface area contributed by atoms with Crippen LogP contribution in [0.2, 0.25) is 5.02 Å². The van der Waals surface area contributed by atoms with Crippen molar-refractivity contribution in [3.05, 3.63) is 53.8 Å². The van der Waals surface area contributed by atoms with Crippen LogP contribution >= 0.6 is 23.4 Å². The minimum atomic E-state index is -0.309. The van der Waals surface area contributed by atoms with Gasteiger partial charge in [0.05, 0.1) is 29.1 Å². The normalized spacial score (nSPS) is 12.1. The van der Waals surface area contributed by atoms with Crippen molar-refractivity contribution in [2.45, 2.75) is 17.3 Å². The first-order chi connectivity index (χ1) is 11.6. The number of fused-ring (bicyclic) bond motifs is 1. The van der Waals surface area contributed by atoms with E-state index >= 15 is 0 Å². The number of aromatic nitrogens is 2. The molecule has 2 heterocycles. The highest BCUT2D eigenvalue weighted by Gasteiger charge is 2.17. The van der Waals surface area contributed by atoms with Crippen molar-refractivity contribution in [3.8, 4) is 5.75 Å². The van der Waals surface area contributed by atoms with Crippen LogP contribution in [0, 0.1) is 0 Å². The van der Waals surface area contributed by atoms with Crippen molar-refractivity contribution < 1.29 is 9.53 Å². The van der Waals surface area contributed by atoms with E-state index in [1.165, 1.54) is 11.8 Å². The first-order valence-corrected chi connectivity index (χ1v) is 8.57. The number of hydrogen-bond acceptors (Lipinski definition) is 4. The lowest BCUT2D eigenvalue weighted by Gasteiger charge is -2.12. The van der Waals surface area contributed by atoms with Gasteiger partial charge in [0.15, 0.2) is 5.16 Å². The van der Waals surface area contributed by atoms with Gasteiger partial charge in [0.1, 0.15) is 5.75 Å². The number of thioether (sulfide) groups is 1. The van der Waals surface area contributed by atoms with E-state index in [1.807, 2.05) is 35.7 Å². The number of pyridine rings is 1. The summed E-state index contributed by atoms with van der Waals surface area (Å²) in [5, 5.41) is 3.78. The van der Waals surface area contributed by atoms with E-state index in [0.29, 0.717) is 16.5 Å². The van der Waals surface area contributed by atoms with Gasteiger partial charge in [0.2, 0.25) is 5.91 Å². The highest BCUT2D eigenvalue weighted by atomic mass is 35.5. The van der Waals surface area contributed by atoms with E-state index in [2.05, 4.69) is 10.3 Å². The third kappa shape index (κ3) is 3.49. The predicted molar refractivity (Wildman–Crippen MR) is 97.1 cm³/mol. The van der Waals surface area contributed by atoms with Crippen LogP contribution < -0.4 is 10.1 Å². The Labute approximate surface area is 149 Å². The number of benzene rings is 1. The number of halogens is 1. The van der Waals surface area contributed by atoms with Gasteiger partial charge in [0, 0.05) is 11.9 Å². The van der Waals surface area contributed by atoms with Crippen LogP contribution in [0.3, 0.4) is 0 Å². The molecule has 0 saturated carbocycles. The number of anilines is 1. The van der Waals surface area contributed by atoms with Crippen molar-refractivity contribution in [2.24, 2.45) is 0 Å². The summed E-state index contributed by atoms with van der Waals surface area (Å²) in [6, 6.07) is 11.0. The molecule has 3 rings (SSSR count). The van der Waals surface area contributed by atoms with Crippen molar-refractivity contribution in [1.29, 1.82) is 0 Å². The standard InChI is InChI=1S/C17H16ClN3O2S/c1-11(24-17-19-10-13-5-3-4-8-21(13)17)16(22)20-12-6-7-15(23-2)14(18)9-12/h3-11H,1-2H3,(H,20,22). The number of amides is 1. The fourth-order valence-corrected chi connectivity index (χ4v) is 3.34. The largest absolute Gasteiger partial charge is 0.495 e. The quantitative estimate of drug-likeness (QED) is 0.695. The molecule has 1 aromatic carbocycles. The number of carbonyl (C=O) groups excluding carboxylic acids is 1. The summed E-state index contributed by atoms with van der Waals surface area (Å²) in [4.78, 5) is 16.8. The van der Waals surface area contributed by atoms with Gasteiger partial charge in [0.25, 0.3) is 0 Å². The number of hydrogen-bond donors (Lipinski definition) is 1. The molecule has 0 fully saturated rings. The van der Waals surface area contributed by atoms with Crippen LogP contribution in [0.4, 0.5) is 5.69 Å². The third-order valence-corrected chi connectivity index (χ3v) is 4.85. The van der Waals surface area contributed by atoms with Gasteiger partial charge in [-0.1, -0.05) is 29.4 Å². The Bertz CT molecular complexity index is 881. The molecular formula is C17H16ClN3O2S. The Morgan fingerprint density at radius 1 is 1.38 bits per heavy atom. The molecule has 1 unspecified atom stereocenters. The molecule has 5 nitrogen and oxygen atoms in total. The molecule has 124 valence electrons. The molecular weight excluding hydrogens is 346 g/mol. The number of nitrogens with zero attached hydrogens (tertiary/aromatic N) is 2. The Hall–Kier alpha value is -2.18. The maximum Gasteiger partial charge on any atom is 0.237 e. The van der Waals surface area contributed by atoms with Crippen molar-refractivity contribution in [3.63, 3.8) is 0 Å². The minimum absolute atomic E-state index is 0.117. The van der Waals surface area contributed by atoms with Gasteiger partial charge >= 0.3 is 0 Å². The number of methoxy groups -OCH3 is 1. The Morgan fingerprint density at radius 3 is 2.96 bits per heavy atom. The van der Waals surface area contributed by atoms with Gasteiger partial charge in [-0.25, -0.2) is 4.98 Å². The summed E-state index contributed by atoms with van der Waals surface area (Å²) >= 11 is 7.48. The van der Waals surface area contributed by atoms with Crippen LogP contribution in [0.15, 0.2) is 53.9 Å². The monoisotopic (exact) mass is 361 g/mol. The zero-order valence-electron chi connectivity index (χ0n) is 13.2. The molecule has 7 heteroatoms. The van der Waals surface area contributed by atoms with Crippen LogP contribution in [0.1, 0.15) is 6.92 Å². The van der Waals surface area contributed by atoms with Gasteiger partial charge in [-0.3, -0.25) is 9.20 Å². The average molecular weight is 362 g/mol. The molecule has 0 spiro atoms. The molecule has 1 atom stereocenters. The minimum Gasteiger partial charge on any atom is -0.495 e. The zero-order chi connectivity index (χ0) is 17.1. The molecule has 0 bridgehead atoms. The van der Waals surface area contributed by atoms with Gasteiger partial charge < -0.3 is 10.1 Å². The van der Waals surface area contributed by atoms with Gasteiger partial charge in [-0.2, -0.15) is 0 Å². The number of ether oxygens (including phenoxy) is 1. The summed E-state index contributed by atoms with van der Waals surface area (Å²) < 4.78 is 7.06. The van der Waals surface area contributed by atoms with E-state index in [9.17, 15) is 4.79 Å². The molecule has 0 aliphatic carbocycles. The molecule has 0 aliphatic heterocycles. The SMILES string of the molecule is COc1ccc(NC(=O)C(C)Sc2ncc3ccccn23)cc1Cl. The van der Waals surface area contributed by atoms with Gasteiger partial charge in [-0.15, -0.1) is 0 Å². The summed E-state index contributed by atoms with van der Waals surface area (Å²) in [6.45, 7) is 1.84. The summed E-state index contributed by atoms with van der Waals surface area (Å²) in [6.07, 6.45) is 3.72. The van der Waals surface area contributed by atoms with E-state index in [0.717, 1.165) is 10.7 Å². The second-order valence-electron chi connectivity index (χ2n) is 5.13. The van der Waals surface area contributed by atoms with Crippen molar-refractivity contribution in [1.82, 2.24) is 9.38 Å². The lowest BCUT2D eigenvalue weighted by Crippen LogP contribution is -2.22. The maximum atomic E-state index is 12.4. The Morgan fingerprint density at radius 2 is 2.21 bits per heavy atom. The smallest absolute Gasteiger partial charge is 0.237 e. The first-order valence-electron chi connectivity index (χ1n) is 7.31. The first kappa shape index (κ1) is 16.7. The molecule has 1 amide bonds. The predicted octanol–water partition coefficient (Wildman–Crippen LogP) is 4.12. The molecule has 2 aromatic heterocycles. The molecule has 1 N–H and O–H groups in total. The fourth-order valence-electron chi connectivity index (χ4n) is 2.21. The summed E-state index contributed by atoms with van der Waals surface area (Å²) in [5.41, 5.74) is 1.63. The lowest BCUT2D eigenvalue weighted by atomic mass is 10.3. The van der Waals surface area contributed by atoms with Crippen LogP contribution in [0.5, 0.6) is 5.75 Å². The number of carbonyl (C=O) groups is 1. The Balaban J connectivity index is 1.69. The third-order valence-electron chi connectivity index (χ3n) is 3.48. The highest BCUT2D eigenvalue weighted by molar-refractivity contribution is 8.00. The van der Waals surface area contributed by atoms with E-state index in [-0.39, 0.29) is 11.2 Å². The zero-order valence-corrected chi connectivity index (χ0v) is 14.8. The molecule has 24 heavy (non-hydrogen) atoms. The van der Waals surface area contributed by atoms with E-state index in [1.54, 1.807) is 31.5 Å².